The van der Waals surface area contributed by atoms with Crippen molar-refractivity contribution in [2.24, 2.45) is 0 Å². The molecular weight excluding hydrogens is 248 g/mol. The third-order valence-corrected chi connectivity index (χ3v) is 2.56. The molecule has 106 valence electrons. The Morgan fingerprint density at radius 3 is 2.58 bits per heavy atom. The van der Waals surface area contributed by atoms with E-state index >= 15 is 0 Å². The molecule has 6 nitrogen and oxygen atoms in total. The second-order valence-electron chi connectivity index (χ2n) is 4.44. The Labute approximate surface area is 112 Å². The zero-order valence-corrected chi connectivity index (χ0v) is 11.8. The molecule has 6 heteroatoms. The zero-order valence-electron chi connectivity index (χ0n) is 11.8. The molecule has 0 fully saturated rings. The number of nitrogens with zero attached hydrogens (tertiary/aromatic N) is 2. The second-order valence-corrected chi connectivity index (χ2v) is 4.44. The number of carbonyl (C=O) groups is 2. The van der Waals surface area contributed by atoms with Crippen LogP contribution in [0.25, 0.3) is 0 Å². The summed E-state index contributed by atoms with van der Waals surface area (Å²) in [6.07, 6.45) is 1.45. The number of furan rings is 1. The maximum absolute atomic E-state index is 11.7. The molecule has 0 aliphatic heterocycles. The van der Waals surface area contributed by atoms with Crippen molar-refractivity contribution in [3.8, 4) is 0 Å². The van der Waals surface area contributed by atoms with Crippen LogP contribution in [-0.4, -0.2) is 56.0 Å². The first-order valence-electron chi connectivity index (χ1n) is 6.07. The fourth-order valence-corrected chi connectivity index (χ4v) is 1.53. The van der Waals surface area contributed by atoms with E-state index in [9.17, 15) is 9.59 Å². The lowest BCUT2D eigenvalue weighted by atomic mass is 10.2. The molecule has 0 spiro atoms. The number of hydrogen-bond acceptors (Lipinski definition) is 5. The first-order chi connectivity index (χ1) is 8.95. The molecule has 19 heavy (non-hydrogen) atoms. The highest BCUT2D eigenvalue weighted by molar-refractivity contribution is 5.90. The van der Waals surface area contributed by atoms with Gasteiger partial charge in [-0.3, -0.25) is 9.69 Å². The first-order valence-corrected chi connectivity index (χ1v) is 6.07. The molecule has 1 aromatic rings. The summed E-state index contributed by atoms with van der Waals surface area (Å²) < 4.78 is 10.2. The minimum absolute atomic E-state index is 0.00765. The molecule has 0 saturated carbocycles. The topological polar surface area (TPSA) is 63.0 Å². The Morgan fingerprint density at radius 2 is 2.00 bits per heavy atom. The van der Waals surface area contributed by atoms with Crippen LogP contribution in [0, 0.1) is 0 Å². The molecule has 0 aliphatic rings. The average Bonchev–Trinajstić information content (AvgIpc) is 2.77. The van der Waals surface area contributed by atoms with Crippen molar-refractivity contribution in [3.05, 3.63) is 23.7 Å². The summed E-state index contributed by atoms with van der Waals surface area (Å²) in [6.45, 7) is 2.70. The van der Waals surface area contributed by atoms with E-state index in [2.05, 4.69) is 0 Å². The normalized spacial score (nSPS) is 10.6. The van der Waals surface area contributed by atoms with Crippen LogP contribution >= 0.6 is 0 Å². The van der Waals surface area contributed by atoms with Crippen LogP contribution in [-0.2, 0) is 16.1 Å². The second kappa shape index (κ2) is 6.94. The van der Waals surface area contributed by atoms with Gasteiger partial charge in [-0.2, -0.15) is 0 Å². The summed E-state index contributed by atoms with van der Waals surface area (Å²) in [6, 6.07) is 1.58. The van der Waals surface area contributed by atoms with Gasteiger partial charge in [0.15, 0.2) is 0 Å². The molecule has 0 N–H and O–H groups in total. The maximum Gasteiger partial charge on any atom is 0.341 e. The molecule has 0 aromatic carbocycles. The number of likely N-dealkylation sites (N-methyl/N-ethyl adjacent to an activating group) is 2. The van der Waals surface area contributed by atoms with Gasteiger partial charge < -0.3 is 14.1 Å². The standard InChI is InChI=1S/C13H20N2O4/c1-5-18-13(17)10-6-7-19-11(10)8-15(4)9-12(16)14(2)3/h6-7H,5,8-9H2,1-4H3. The van der Waals surface area contributed by atoms with E-state index in [1.807, 2.05) is 0 Å². The van der Waals surface area contributed by atoms with Crippen LogP contribution in [0.2, 0.25) is 0 Å². The van der Waals surface area contributed by atoms with Gasteiger partial charge in [0.25, 0.3) is 0 Å². The Kier molecular flexibility index (Phi) is 5.57. The summed E-state index contributed by atoms with van der Waals surface area (Å²) >= 11 is 0. The quantitative estimate of drug-likeness (QED) is 0.720. The molecule has 1 aromatic heterocycles. The molecule has 0 bridgehead atoms. The van der Waals surface area contributed by atoms with Gasteiger partial charge in [-0.1, -0.05) is 0 Å². The van der Waals surface area contributed by atoms with Crippen molar-refractivity contribution in [2.45, 2.75) is 13.5 Å². The molecule has 0 unspecified atom stereocenters. The highest BCUT2D eigenvalue weighted by Crippen LogP contribution is 2.14. The number of hydrogen-bond donors (Lipinski definition) is 0. The number of esters is 1. The van der Waals surface area contributed by atoms with Gasteiger partial charge >= 0.3 is 5.97 Å². The highest BCUT2D eigenvalue weighted by Gasteiger charge is 2.18. The van der Waals surface area contributed by atoms with Crippen LogP contribution in [0.4, 0.5) is 0 Å². The molecule has 1 rings (SSSR count). The fourth-order valence-electron chi connectivity index (χ4n) is 1.53. The molecule has 0 radical (unpaired) electrons. The Hall–Kier alpha value is -1.82. The molecule has 1 amide bonds. The monoisotopic (exact) mass is 268 g/mol. The summed E-state index contributed by atoms with van der Waals surface area (Å²) in [5.41, 5.74) is 0.408. The summed E-state index contributed by atoms with van der Waals surface area (Å²) in [7, 11) is 5.19. The summed E-state index contributed by atoms with van der Waals surface area (Å²) in [5, 5.41) is 0. The Bertz CT molecular complexity index is 440. The first kappa shape index (κ1) is 15.2. The third kappa shape index (κ3) is 4.40. The molecule has 1 heterocycles. The summed E-state index contributed by atoms with van der Waals surface area (Å²) in [4.78, 5) is 26.5. The third-order valence-electron chi connectivity index (χ3n) is 2.56. The molecule has 0 aliphatic carbocycles. The lowest BCUT2D eigenvalue weighted by Crippen LogP contribution is -2.34. The highest BCUT2D eigenvalue weighted by atomic mass is 16.5. The SMILES string of the molecule is CCOC(=O)c1ccoc1CN(C)CC(=O)N(C)C. The van der Waals surface area contributed by atoms with Crippen molar-refractivity contribution >= 4 is 11.9 Å². The smallest absolute Gasteiger partial charge is 0.341 e. The minimum Gasteiger partial charge on any atom is -0.467 e. The van der Waals surface area contributed by atoms with Crippen LogP contribution in [0.5, 0.6) is 0 Å². The Morgan fingerprint density at radius 1 is 1.32 bits per heavy atom. The van der Waals surface area contributed by atoms with Crippen LogP contribution < -0.4 is 0 Å². The predicted octanol–water partition coefficient (Wildman–Crippen LogP) is 0.976. The van der Waals surface area contributed by atoms with E-state index < -0.39 is 5.97 Å². The zero-order chi connectivity index (χ0) is 14.4. The van der Waals surface area contributed by atoms with Gasteiger partial charge in [0, 0.05) is 14.1 Å². The van der Waals surface area contributed by atoms with Crippen LogP contribution in [0.1, 0.15) is 23.0 Å². The molecule has 0 atom stereocenters. The van der Waals surface area contributed by atoms with E-state index in [1.54, 1.807) is 39.0 Å². The van der Waals surface area contributed by atoms with E-state index in [0.29, 0.717) is 24.5 Å². The average molecular weight is 268 g/mol. The number of carbonyl (C=O) groups excluding carboxylic acids is 2. The van der Waals surface area contributed by atoms with E-state index in [-0.39, 0.29) is 12.5 Å². The van der Waals surface area contributed by atoms with Crippen molar-refractivity contribution in [2.75, 3.05) is 34.3 Å². The minimum atomic E-state index is -0.404. The fraction of sp³-hybridized carbons (Fsp3) is 0.538. The van der Waals surface area contributed by atoms with Crippen LogP contribution in [0.15, 0.2) is 16.7 Å². The summed E-state index contributed by atoms with van der Waals surface area (Å²) in [5.74, 6) is 0.0952. The van der Waals surface area contributed by atoms with Crippen molar-refractivity contribution in [3.63, 3.8) is 0 Å². The maximum atomic E-state index is 11.7. The van der Waals surface area contributed by atoms with Gasteiger partial charge in [0.05, 0.1) is 26.0 Å². The van der Waals surface area contributed by atoms with Gasteiger partial charge in [0.1, 0.15) is 11.3 Å². The molecular formula is C13H20N2O4. The Balaban J connectivity index is 2.65. The van der Waals surface area contributed by atoms with E-state index in [1.165, 1.54) is 11.2 Å². The van der Waals surface area contributed by atoms with Crippen LogP contribution in [0.3, 0.4) is 0 Å². The van der Waals surface area contributed by atoms with E-state index in [4.69, 9.17) is 9.15 Å². The van der Waals surface area contributed by atoms with Crippen molar-refractivity contribution in [1.82, 2.24) is 9.80 Å². The number of rotatable bonds is 6. The number of amides is 1. The van der Waals surface area contributed by atoms with Gasteiger partial charge in [-0.25, -0.2) is 4.79 Å². The molecule has 0 saturated heterocycles. The number of ether oxygens (including phenoxy) is 1. The predicted molar refractivity (Wildman–Crippen MR) is 69.7 cm³/mol. The van der Waals surface area contributed by atoms with Crippen molar-refractivity contribution in [1.29, 1.82) is 0 Å². The van der Waals surface area contributed by atoms with Crippen molar-refractivity contribution < 1.29 is 18.7 Å². The van der Waals surface area contributed by atoms with Gasteiger partial charge in [0.2, 0.25) is 5.91 Å². The van der Waals surface area contributed by atoms with Gasteiger partial charge in [-0.15, -0.1) is 0 Å². The lowest BCUT2D eigenvalue weighted by molar-refractivity contribution is -0.129. The lowest BCUT2D eigenvalue weighted by Gasteiger charge is -2.18. The largest absolute Gasteiger partial charge is 0.467 e. The van der Waals surface area contributed by atoms with Gasteiger partial charge in [-0.05, 0) is 20.0 Å². The van der Waals surface area contributed by atoms with E-state index in [0.717, 1.165) is 0 Å².